The van der Waals surface area contributed by atoms with Crippen molar-refractivity contribution < 1.29 is 13.3 Å². The number of sulfonamides is 1. The highest BCUT2D eigenvalue weighted by Gasteiger charge is 2.31. The van der Waals surface area contributed by atoms with Crippen LogP contribution >= 0.6 is 23.2 Å². The van der Waals surface area contributed by atoms with Gasteiger partial charge in [0.25, 0.3) is 5.69 Å². The summed E-state index contributed by atoms with van der Waals surface area (Å²) in [6.07, 6.45) is 3.05. The van der Waals surface area contributed by atoms with Crippen LogP contribution < -0.4 is 4.90 Å². The lowest BCUT2D eigenvalue weighted by molar-refractivity contribution is -0.383. The van der Waals surface area contributed by atoms with Gasteiger partial charge in [0.1, 0.15) is 4.90 Å². The summed E-state index contributed by atoms with van der Waals surface area (Å²) in [7, 11) is -3.79. The Balaban J connectivity index is 1.61. The molecule has 3 aromatic rings. The van der Waals surface area contributed by atoms with Crippen molar-refractivity contribution in [2.45, 2.75) is 4.90 Å². The van der Waals surface area contributed by atoms with E-state index in [0.717, 1.165) is 5.69 Å². The van der Waals surface area contributed by atoms with Crippen LogP contribution in [0.3, 0.4) is 0 Å². The monoisotopic (exact) mass is 466 g/mol. The molecule has 0 N–H and O–H groups in total. The molecule has 0 unspecified atom stereocenters. The van der Waals surface area contributed by atoms with Crippen LogP contribution in [-0.4, -0.2) is 48.8 Å². The molecule has 1 fully saturated rings. The number of benzene rings is 2. The van der Waals surface area contributed by atoms with Gasteiger partial charge in [-0.1, -0.05) is 29.3 Å². The summed E-state index contributed by atoms with van der Waals surface area (Å²) in [5.41, 5.74) is 0.787. The molecular formula is C19H16Cl2N4O4S. The number of nitro benzene ring substituents is 1. The summed E-state index contributed by atoms with van der Waals surface area (Å²) in [5, 5.41) is 12.7. The summed E-state index contributed by atoms with van der Waals surface area (Å²) in [6, 6.07) is 9.40. The van der Waals surface area contributed by atoms with Gasteiger partial charge in [0, 0.05) is 55.7 Å². The number of aromatic nitrogens is 1. The molecule has 1 aromatic heterocycles. The minimum atomic E-state index is -3.79. The predicted octanol–water partition coefficient (Wildman–Crippen LogP) is 3.96. The minimum absolute atomic E-state index is 0.00968. The smallest absolute Gasteiger partial charge is 0.278 e. The molecule has 1 saturated heterocycles. The van der Waals surface area contributed by atoms with Gasteiger partial charge in [0.15, 0.2) is 0 Å². The summed E-state index contributed by atoms with van der Waals surface area (Å²) < 4.78 is 27.4. The van der Waals surface area contributed by atoms with Gasteiger partial charge in [-0.2, -0.15) is 4.31 Å². The molecule has 0 radical (unpaired) electrons. The third kappa shape index (κ3) is 3.58. The third-order valence-corrected chi connectivity index (χ3v) is 7.95. The fourth-order valence-electron chi connectivity index (χ4n) is 3.59. The fraction of sp³-hybridized carbons (Fsp3) is 0.211. The number of pyridine rings is 1. The van der Waals surface area contributed by atoms with Crippen molar-refractivity contribution in [1.82, 2.24) is 9.29 Å². The van der Waals surface area contributed by atoms with Gasteiger partial charge in [-0.15, -0.1) is 0 Å². The lowest BCUT2D eigenvalue weighted by Gasteiger charge is -2.36. The number of nitro groups is 1. The van der Waals surface area contributed by atoms with Crippen molar-refractivity contribution in [3.63, 3.8) is 0 Å². The summed E-state index contributed by atoms with van der Waals surface area (Å²) in [6.45, 7) is 1.34. The zero-order chi connectivity index (χ0) is 21.5. The average Bonchev–Trinajstić information content (AvgIpc) is 2.74. The van der Waals surface area contributed by atoms with E-state index in [1.54, 1.807) is 24.4 Å². The summed E-state index contributed by atoms with van der Waals surface area (Å²) in [4.78, 5) is 16.9. The molecule has 4 rings (SSSR count). The molecule has 2 aromatic carbocycles. The Kier molecular flexibility index (Phi) is 5.54. The van der Waals surface area contributed by atoms with Crippen LogP contribution in [0.15, 0.2) is 53.7 Å². The molecule has 8 nitrogen and oxygen atoms in total. The van der Waals surface area contributed by atoms with Crippen molar-refractivity contribution in [1.29, 1.82) is 0 Å². The van der Waals surface area contributed by atoms with Gasteiger partial charge in [-0.25, -0.2) is 8.42 Å². The van der Waals surface area contributed by atoms with Gasteiger partial charge >= 0.3 is 0 Å². The molecule has 156 valence electrons. The van der Waals surface area contributed by atoms with Gasteiger partial charge in [-0.3, -0.25) is 15.1 Å². The molecular weight excluding hydrogens is 451 g/mol. The molecule has 0 atom stereocenters. The SMILES string of the molecule is O=[N+]([O-])c1ccc(N2CCN(S(=O)(=O)c3cccc(Cl)c3Cl)CC2)c2ccncc12. The molecule has 1 aliphatic heterocycles. The van der Waals surface area contributed by atoms with Crippen LogP contribution in [0.5, 0.6) is 0 Å². The normalized spacial score (nSPS) is 15.5. The highest BCUT2D eigenvalue weighted by atomic mass is 35.5. The van der Waals surface area contributed by atoms with Crippen molar-refractivity contribution in [3.05, 3.63) is 69.0 Å². The third-order valence-electron chi connectivity index (χ3n) is 5.08. The molecule has 2 heterocycles. The van der Waals surface area contributed by atoms with E-state index in [9.17, 15) is 18.5 Å². The van der Waals surface area contributed by atoms with Crippen LogP contribution in [0.25, 0.3) is 10.8 Å². The van der Waals surface area contributed by atoms with Gasteiger partial charge in [0.05, 0.1) is 20.4 Å². The Morgan fingerprint density at radius 3 is 2.43 bits per heavy atom. The number of hydrogen-bond acceptors (Lipinski definition) is 6. The Bertz CT molecular complexity index is 1240. The Hall–Kier alpha value is -2.46. The van der Waals surface area contributed by atoms with Crippen LogP contribution in [-0.2, 0) is 10.0 Å². The number of piperazine rings is 1. The molecule has 0 spiro atoms. The minimum Gasteiger partial charge on any atom is -0.368 e. The molecule has 1 aliphatic rings. The van der Waals surface area contributed by atoms with E-state index in [1.807, 2.05) is 4.90 Å². The van der Waals surface area contributed by atoms with Crippen molar-refractivity contribution in [3.8, 4) is 0 Å². The first-order chi connectivity index (χ1) is 14.3. The van der Waals surface area contributed by atoms with Crippen molar-refractivity contribution in [2.24, 2.45) is 0 Å². The van der Waals surface area contributed by atoms with Crippen LogP contribution in [0.1, 0.15) is 0 Å². The zero-order valence-corrected chi connectivity index (χ0v) is 17.9. The van der Waals surface area contributed by atoms with Crippen LogP contribution in [0.2, 0.25) is 10.0 Å². The van der Waals surface area contributed by atoms with Gasteiger partial charge in [0.2, 0.25) is 10.0 Å². The van der Waals surface area contributed by atoms with E-state index in [2.05, 4.69) is 4.98 Å². The number of nitrogens with zero attached hydrogens (tertiary/aromatic N) is 4. The number of halogens is 2. The van der Waals surface area contributed by atoms with E-state index < -0.39 is 14.9 Å². The Morgan fingerprint density at radius 2 is 1.73 bits per heavy atom. The number of hydrogen-bond donors (Lipinski definition) is 0. The van der Waals surface area contributed by atoms with E-state index in [-0.39, 0.29) is 33.7 Å². The quantitative estimate of drug-likeness (QED) is 0.426. The lowest BCUT2D eigenvalue weighted by atomic mass is 10.1. The predicted molar refractivity (Wildman–Crippen MR) is 116 cm³/mol. The number of anilines is 1. The molecule has 11 heteroatoms. The molecule has 0 aliphatic carbocycles. The topological polar surface area (TPSA) is 96.6 Å². The van der Waals surface area contributed by atoms with E-state index in [1.165, 1.54) is 28.7 Å². The molecule has 30 heavy (non-hydrogen) atoms. The van der Waals surface area contributed by atoms with Crippen LogP contribution in [0, 0.1) is 10.1 Å². The zero-order valence-electron chi connectivity index (χ0n) is 15.5. The van der Waals surface area contributed by atoms with Crippen molar-refractivity contribution in [2.75, 3.05) is 31.1 Å². The maximum Gasteiger partial charge on any atom is 0.278 e. The van der Waals surface area contributed by atoms with Crippen molar-refractivity contribution >= 4 is 55.4 Å². The first-order valence-electron chi connectivity index (χ1n) is 9.01. The van der Waals surface area contributed by atoms with E-state index in [4.69, 9.17) is 23.2 Å². The number of non-ortho nitro benzene ring substituents is 1. The van der Waals surface area contributed by atoms with Gasteiger partial charge in [-0.05, 0) is 24.3 Å². The van der Waals surface area contributed by atoms with Gasteiger partial charge < -0.3 is 4.90 Å². The second kappa shape index (κ2) is 7.99. The summed E-state index contributed by atoms with van der Waals surface area (Å²) in [5.74, 6) is 0. The maximum atomic E-state index is 13.0. The molecule has 0 bridgehead atoms. The molecule has 0 saturated carbocycles. The first-order valence-corrected chi connectivity index (χ1v) is 11.2. The Labute approximate surface area is 182 Å². The van der Waals surface area contributed by atoms with Crippen LogP contribution in [0.4, 0.5) is 11.4 Å². The highest BCUT2D eigenvalue weighted by Crippen LogP contribution is 2.35. The largest absolute Gasteiger partial charge is 0.368 e. The van der Waals surface area contributed by atoms with E-state index >= 15 is 0 Å². The maximum absolute atomic E-state index is 13.0. The number of fused-ring (bicyclic) bond motifs is 1. The highest BCUT2D eigenvalue weighted by molar-refractivity contribution is 7.89. The standard InChI is InChI=1S/C19H16Cl2N4O4S/c20-15-2-1-3-18(19(15)21)30(28,29)24-10-8-23(9-11-24)16-4-5-17(25(26)27)14-12-22-7-6-13(14)16/h1-7,12H,8-11H2. The first kappa shape index (κ1) is 20.8. The fourth-order valence-corrected chi connectivity index (χ4v) is 5.74. The Morgan fingerprint density at radius 1 is 1.00 bits per heavy atom. The second-order valence-corrected chi connectivity index (χ2v) is 9.42. The summed E-state index contributed by atoms with van der Waals surface area (Å²) >= 11 is 12.1. The van der Waals surface area contributed by atoms with E-state index in [0.29, 0.717) is 23.9 Å². The average molecular weight is 467 g/mol. The molecule has 0 amide bonds. The number of rotatable bonds is 4. The second-order valence-electron chi connectivity index (χ2n) is 6.73. The lowest BCUT2D eigenvalue weighted by Crippen LogP contribution is -2.48.